The number of anilines is 1. The summed E-state index contributed by atoms with van der Waals surface area (Å²) in [6.07, 6.45) is 0. The molecule has 0 saturated heterocycles. The summed E-state index contributed by atoms with van der Waals surface area (Å²) in [5.74, 6) is 0. The van der Waals surface area contributed by atoms with Gasteiger partial charge in [-0.05, 0) is 62.9 Å². The van der Waals surface area contributed by atoms with E-state index in [0.29, 0.717) is 6.54 Å². The molecular weight excluding hydrogens is 296 g/mol. The molecule has 2 nitrogen and oxygen atoms in total. The van der Waals surface area contributed by atoms with E-state index in [1.54, 1.807) is 11.3 Å². The molecule has 1 atom stereocenters. The van der Waals surface area contributed by atoms with Gasteiger partial charge in [-0.2, -0.15) is 11.3 Å². The van der Waals surface area contributed by atoms with Crippen LogP contribution in [0.5, 0.6) is 0 Å². The highest BCUT2D eigenvalue weighted by molar-refractivity contribution is 9.10. The van der Waals surface area contributed by atoms with Crippen molar-refractivity contribution >= 4 is 33.0 Å². The van der Waals surface area contributed by atoms with Gasteiger partial charge >= 0.3 is 0 Å². The smallest absolute Gasteiger partial charge is 0.0644 e. The van der Waals surface area contributed by atoms with Gasteiger partial charge in [-0.3, -0.25) is 0 Å². The van der Waals surface area contributed by atoms with Crippen molar-refractivity contribution in [2.75, 3.05) is 11.9 Å². The van der Waals surface area contributed by atoms with Gasteiger partial charge in [0.15, 0.2) is 0 Å². The summed E-state index contributed by atoms with van der Waals surface area (Å²) < 4.78 is 1.07. The number of hydrogen-bond donors (Lipinski definition) is 2. The average Bonchev–Trinajstić information content (AvgIpc) is 2.84. The highest BCUT2D eigenvalue weighted by atomic mass is 79.9. The van der Waals surface area contributed by atoms with Gasteiger partial charge in [0.2, 0.25) is 0 Å². The molecule has 1 unspecified atom stereocenters. The summed E-state index contributed by atoms with van der Waals surface area (Å²) in [6, 6.07) is 8.54. The van der Waals surface area contributed by atoms with E-state index in [0.717, 1.165) is 10.2 Å². The lowest BCUT2D eigenvalue weighted by Gasteiger charge is -2.18. The van der Waals surface area contributed by atoms with Crippen LogP contribution in [0.25, 0.3) is 0 Å². The van der Waals surface area contributed by atoms with Gasteiger partial charge in [-0.1, -0.05) is 6.07 Å². The summed E-state index contributed by atoms with van der Waals surface area (Å²) >= 11 is 5.24. The Morgan fingerprint density at radius 1 is 1.41 bits per heavy atom. The largest absolute Gasteiger partial charge is 0.376 e. The Labute approximate surface area is 114 Å². The first-order chi connectivity index (χ1) is 8.20. The van der Waals surface area contributed by atoms with Crippen molar-refractivity contribution in [1.29, 1.82) is 0 Å². The lowest BCUT2D eigenvalue weighted by atomic mass is 10.1. The molecule has 2 aromatic rings. The first-order valence-corrected chi connectivity index (χ1v) is 7.19. The fraction of sp³-hybridized carbons (Fsp3) is 0.231. The number of halogens is 1. The van der Waals surface area contributed by atoms with Crippen LogP contribution >= 0.6 is 27.3 Å². The Hall–Kier alpha value is -0.840. The summed E-state index contributed by atoms with van der Waals surface area (Å²) in [6.45, 7) is 2.66. The molecule has 0 amide bonds. The molecule has 0 saturated carbocycles. The molecule has 0 spiro atoms. The summed E-state index contributed by atoms with van der Waals surface area (Å²) in [7, 11) is 0. The Kier molecular flexibility index (Phi) is 4.20. The Morgan fingerprint density at radius 3 is 2.88 bits per heavy atom. The summed E-state index contributed by atoms with van der Waals surface area (Å²) in [4.78, 5) is 0. The molecule has 1 heterocycles. The number of benzene rings is 1. The van der Waals surface area contributed by atoms with E-state index in [-0.39, 0.29) is 6.04 Å². The maximum absolute atomic E-state index is 5.83. The molecule has 0 fully saturated rings. The summed E-state index contributed by atoms with van der Waals surface area (Å²) in [5, 5.41) is 7.68. The second kappa shape index (κ2) is 5.67. The fourth-order valence-electron chi connectivity index (χ4n) is 1.69. The lowest BCUT2D eigenvalue weighted by Crippen LogP contribution is -2.20. The number of nitrogens with two attached hydrogens (primary N) is 1. The van der Waals surface area contributed by atoms with Crippen LogP contribution in [0.1, 0.15) is 17.2 Å². The molecule has 90 valence electrons. The van der Waals surface area contributed by atoms with Crippen LogP contribution < -0.4 is 11.1 Å². The number of rotatable bonds is 4. The first-order valence-electron chi connectivity index (χ1n) is 5.45. The quantitative estimate of drug-likeness (QED) is 0.898. The van der Waals surface area contributed by atoms with Crippen LogP contribution in [0.4, 0.5) is 5.69 Å². The van der Waals surface area contributed by atoms with Crippen molar-refractivity contribution in [2.45, 2.75) is 13.0 Å². The maximum Gasteiger partial charge on any atom is 0.0644 e. The third kappa shape index (κ3) is 3.09. The van der Waals surface area contributed by atoms with E-state index in [1.165, 1.54) is 11.1 Å². The minimum Gasteiger partial charge on any atom is -0.376 e. The van der Waals surface area contributed by atoms with Gasteiger partial charge < -0.3 is 11.1 Å². The van der Waals surface area contributed by atoms with Crippen LogP contribution in [0, 0.1) is 6.92 Å². The molecule has 0 aliphatic rings. The van der Waals surface area contributed by atoms with E-state index in [9.17, 15) is 0 Å². The highest BCUT2D eigenvalue weighted by Gasteiger charge is 2.11. The molecule has 0 bridgehead atoms. The van der Waals surface area contributed by atoms with Crippen LogP contribution in [-0.4, -0.2) is 6.54 Å². The van der Waals surface area contributed by atoms with Crippen LogP contribution in [-0.2, 0) is 0 Å². The van der Waals surface area contributed by atoms with E-state index in [2.05, 4.69) is 63.2 Å². The molecule has 0 radical (unpaired) electrons. The van der Waals surface area contributed by atoms with Crippen molar-refractivity contribution in [1.82, 2.24) is 0 Å². The molecular formula is C13H15BrN2S. The zero-order chi connectivity index (χ0) is 12.3. The molecule has 0 aliphatic heterocycles. The molecule has 17 heavy (non-hydrogen) atoms. The van der Waals surface area contributed by atoms with Crippen molar-refractivity contribution < 1.29 is 0 Å². The Morgan fingerprint density at radius 2 is 2.24 bits per heavy atom. The van der Waals surface area contributed by atoms with Gasteiger partial charge in [0.25, 0.3) is 0 Å². The van der Waals surface area contributed by atoms with Gasteiger partial charge in [-0.15, -0.1) is 0 Å². The topological polar surface area (TPSA) is 38.0 Å². The second-order valence-electron chi connectivity index (χ2n) is 3.97. The SMILES string of the molecule is Cc1ccc(Br)c(NC(CN)c2ccsc2)c1. The normalized spacial score (nSPS) is 12.4. The van der Waals surface area contributed by atoms with Gasteiger partial charge in [-0.25, -0.2) is 0 Å². The minimum atomic E-state index is 0.166. The highest BCUT2D eigenvalue weighted by Crippen LogP contribution is 2.28. The molecule has 1 aromatic heterocycles. The van der Waals surface area contributed by atoms with Crippen molar-refractivity contribution in [2.24, 2.45) is 5.73 Å². The van der Waals surface area contributed by atoms with Crippen molar-refractivity contribution in [3.63, 3.8) is 0 Å². The molecule has 4 heteroatoms. The second-order valence-corrected chi connectivity index (χ2v) is 5.61. The fourth-order valence-corrected chi connectivity index (χ4v) is 2.76. The number of nitrogens with one attached hydrogen (secondary N) is 1. The molecule has 2 rings (SSSR count). The van der Waals surface area contributed by atoms with E-state index in [1.807, 2.05) is 0 Å². The maximum atomic E-state index is 5.83. The van der Waals surface area contributed by atoms with Gasteiger partial charge in [0, 0.05) is 16.7 Å². The predicted octanol–water partition coefficient (Wildman–Crippen LogP) is 3.93. The number of hydrogen-bond acceptors (Lipinski definition) is 3. The Bertz CT molecular complexity index is 482. The van der Waals surface area contributed by atoms with E-state index >= 15 is 0 Å². The zero-order valence-corrected chi connectivity index (χ0v) is 12.0. The van der Waals surface area contributed by atoms with E-state index in [4.69, 9.17) is 5.73 Å². The number of thiophene rings is 1. The van der Waals surface area contributed by atoms with E-state index < -0.39 is 0 Å². The lowest BCUT2D eigenvalue weighted by molar-refractivity contribution is 0.793. The van der Waals surface area contributed by atoms with Crippen LogP contribution in [0.15, 0.2) is 39.5 Å². The molecule has 3 N–H and O–H groups in total. The van der Waals surface area contributed by atoms with Gasteiger partial charge in [0.1, 0.15) is 0 Å². The molecule has 0 aliphatic carbocycles. The minimum absolute atomic E-state index is 0.166. The summed E-state index contributed by atoms with van der Waals surface area (Å²) in [5.41, 5.74) is 9.39. The standard InChI is InChI=1S/C13H15BrN2S/c1-9-2-3-11(14)12(6-9)16-13(7-15)10-4-5-17-8-10/h2-6,8,13,16H,7,15H2,1H3. The third-order valence-corrected chi connectivity index (χ3v) is 4.03. The predicted molar refractivity (Wildman–Crippen MR) is 78.6 cm³/mol. The Balaban J connectivity index is 2.21. The molecule has 1 aromatic carbocycles. The average molecular weight is 311 g/mol. The van der Waals surface area contributed by atoms with Gasteiger partial charge in [0.05, 0.1) is 6.04 Å². The monoisotopic (exact) mass is 310 g/mol. The zero-order valence-electron chi connectivity index (χ0n) is 9.61. The number of aryl methyl sites for hydroxylation is 1. The van der Waals surface area contributed by atoms with Crippen LogP contribution in [0.2, 0.25) is 0 Å². The van der Waals surface area contributed by atoms with Crippen molar-refractivity contribution in [3.05, 3.63) is 50.6 Å². The first kappa shape index (κ1) is 12.6. The van der Waals surface area contributed by atoms with Crippen molar-refractivity contribution in [3.8, 4) is 0 Å². The van der Waals surface area contributed by atoms with Crippen LogP contribution in [0.3, 0.4) is 0 Å². The third-order valence-electron chi connectivity index (χ3n) is 2.63.